The first-order chi connectivity index (χ1) is 13.0. The normalized spacial score (nSPS) is 10.4. The third-order valence-electron chi connectivity index (χ3n) is 3.58. The van der Waals surface area contributed by atoms with E-state index in [2.05, 4.69) is 15.5 Å². The van der Waals surface area contributed by atoms with Crippen LogP contribution in [-0.4, -0.2) is 40.4 Å². The van der Waals surface area contributed by atoms with Gasteiger partial charge in [0.1, 0.15) is 10.8 Å². The predicted molar refractivity (Wildman–Crippen MR) is 102 cm³/mol. The molecule has 3 rings (SSSR count). The zero-order chi connectivity index (χ0) is 19.2. The van der Waals surface area contributed by atoms with E-state index >= 15 is 0 Å². The second kappa shape index (κ2) is 8.50. The Morgan fingerprint density at radius 1 is 1.19 bits per heavy atom. The van der Waals surface area contributed by atoms with Crippen LogP contribution >= 0.6 is 11.8 Å². The lowest BCUT2D eigenvalue weighted by atomic mass is 10.2. The van der Waals surface area contributed by atoms with Crippen LogP contribution in [0.3, 0.4) is 0 Å². The van der Waals surface area contributed by atoms with Crippen molar-refractivity contribution in [2.75, 3.05) is 18.9 Å². The summed E-state index contributed by atoms with van der Waals surface area (Å²) in [5, 5.41) is 6.89. The molecule has 0 unspecified atom stereocenters. The van der Waals surface area contributed by atoms with E-state index in [0.717, 1.165) is 4.90 Å². The molecule has 2 amide bonds. The first-order valence-corrected chi connectivity index (χ1v) is 9.01. The van der Waals surface area contributed by atoms with Crippen LogP contribution in [0.4, 0.5) is 5.82 Å². The lowest BCUT2D eigenvalue weighted by Gasteiger charge is -2.17. The molecule has 1 N–H and O–H groups in total. The Kier molecular flexibility index (Phi) is 5.87. The van der Waals surface area contributed by atoms with Crippen LogP contribution < -0.4 is 5.32 Å². The van der Waals surface area contributed by atoms with Crippen molar-refractivity contribution in [3.63, 3.8) is 0 Å². The minimum atomic E-state index is -0.361. The molecule has 8 heteroatoms. The molecule has 0 aliphatic rings. The Morgan fingerprint density at radius 3 is 2.67 bits per heavy atom. The number of aromatic nitrogens is 2. The molecule has 7 nitrogen and oxygen atoms in total. The minimum absolute atomic E-state index is 0.116. The van der Waals surface area contributed by atoms with E-state index in [1.54, 1.807) is 38.4 Å². The van der Waals surface area contributed by atoms with Gasteiger partial charge in [-0.25, -0.2) is 4.98 Å². The highest BCUT2D eigenvalue weighted by atomic mass is 32.2. The molecule has 0 radical (unpaired) electrons. The van der Waals surface area contributed by atoms with Crippen molar-refractivity contribution in [3.05, 3.63) is 66.1 Å². The molecule has 0 fully saturated rings. The Balaban J connectivity index is 1.68. The number of aryl methyl sites for hydroxylation is 1. The van der Waals surface area contributed by atoms with Crippen molar-refractivity contribution < 1.29 is 14.1 Å². The Bertz CT molecular complexity index is 943. The van der Waals surface area contributed by atoms with Crippen molar-refractivity contribution in [1.29, 1.82) is 0 Å². The van der Waals surface area contributed by atoms with E-state index in [9.17, 15) is 9.59 Å². The van der Waals surface area contributed by atoms with Gasteiger partial charge < -0.3 is 14.7 Å². The van der Waals surface area contributed by atoms with Gasteiger partial charge >= 0.3 is 0 Å². The highest BCUT2D eigenvalue weighted by Crippen LogP contribution is 2.28. The van der Waals surface area contributed by atoms with E-state index in [-0.39, 0.29) is 18.4 Å². The summed E-state index contributed by atoms with van der Waals surface area (Å²) in [6, 6.07) is 14.7. The average Bonchev–Trinajstić information content (AvgIpc) is 3.07. The van der Waals surface area contributed by atoms with Gasteiger partial charge in [0.25, 0.3) is 5.91 Å². The first-order valence-electron chi connectivity index (χ1n) is 8.19. The molecular formula is C19H18N4O3S. The van der Waals surface area contributed by atoms with E-state index in [1.807, 2.05) is 30.3 Å². The fraction of sp³-hybridized carbons (Fsp3) is 0.158. The monoisotopic (exact) mass is 382 g/mol. The van der Waals surface area contributed by atoms with Crippen molar-refractivity contribution in [3.8, 4) is 0 Å². The molecule has 0 saturated carbocycles. The van der Waals surface area contributed by atoms with Gasteiger partial charge in [-0.15, -0.1) is 0 Å². The van der Waals surface area contributed by atoms with E-state index in [4.69, 9.17) is 4.52 Å². The van der Waals surface area contributed by atoms with E-state index in [0.29, 0.717) is 22.2 Å². The van der Waals surface area contributed by atoms with Gasteiger partial charge in [-0.05, 0) is 31.2 Å². The molecule has 2 aromatic heterocycles. The van der Waals surface area contributed by atoms with Gasteiger partial charge in [-0.1, -0.05) is 35.1 Å². The van der Waals surface area contributed by atoms with E-state index in [1.165, 1.54) is 16.7 Å². The fourth-order valence-corrected chi connectivity index (χ4v) is 3.23. The summed E-state index contributed by atoms with van der Waals surface area (Å²) < 4.78 is 4.90. The minimum Gasteiger partial charge on any atom is -0.360 e. The van der Waals surface area contributed by atoms with Crippen LogP contribution in [-0.2, 0) is 4.79 Å². The maximum Gasteiger partial charge on any atom is 0.256 e. The number of hydrogen-bond acceptors (Lipinski definition) is 6. The second-order valence-electron chi connectivity index (χ2n) is 5.80. The third-order valence-corrected chi connectivity index (χ3v) is 4.61. The van der Waals surface area contributed by atoms with E-state index < -0.39 is 0 Å². The summed E-state index contributed by atoms with van der Waals surface area (Å²) in [6.45, 7) is 1.61. The molecule has 0 saturated heterocycles. The highest BCUT2D eigenvalue weighted by Gasteiger charge is 2.20. The fourth-order valence-electron chi connectivity index (χ4n) is 2.34. The number of anilines is 1. The Hall–Kier alpha value is -3.13. The molecule has 0 atom stereocenters. The van der Waals surface area contributed by atoms with Crippen LogP contribution in [0.15, 0.2) is 69.2 Å². The molecule has 138 valence electrons. The smallest absolute Gasteiger partial charge is 0.256 e. The Labute approximate surface area is 160 Å². The van der Waals surface area contributed by atoms with Crippen molar-refractivity contribution in [2.45, 2.75) is 16.8 Å². The molecule has 3 aromatic rings. The number of carbonyl (C=O) groups is 2. The van der Waals surface area contributed by atoms with Crippen molar-refractivity contribution in [2.24, 2.45) is 0 Å². The van der Waals surface area contributed by atoms with Crippen molar-refractivity contribution >= 4 is 29.4 Å². The summed E-state index contributed by atoms with van der Waals surface area (Å²) in [5.74, 6) is 0.265. The Morgan fingerprint density at radius 2 is 1.96 bits per heavy atom. The van der Waals surface area contributed by atoms with Gasteiger partial charge in [0.05, 0.1) is 12.1 Å². The number of nitrogens with one attached hydrogen (secondary N) is 1. The molecule has 0 bridgehead atoms. The zero-order valence-corrected chi connectivity index (χ0v) is 15.7. The molecule has 0 spiro atoms. The topological polar surface area (TPSA) is 88.3 Å². The predicted octanol–water partition coefficient (Wildman–Crippen LogP) is 3.24. The average molecular weight is 382 g/mol. The van der Waals surface area contributed by atoms with Gasteiger partial charge in [-0.2, -0.15) is 0 Å². The summed E-state index contributed by atoms with van der Waals surface area (Å²) in [6.07, 6.45) is 1.64. The standard InChI is InChI=1S/C19H18N4O3S/c1-13-11-16(22-26-13)21-17(24)12-23(2)19(25)15-9-6-10-20-18(15)27-14-7-4-3-5-8-14/h3-11H,12H2,1-2H3,(H,21,22,24). The molecule has 2 heterocycles. The van der Waals surface area contributed by atoms with Gasteiger partial charge in [-0.3, -0.25) is 9.59 Å². The number of amides is 2. The number of likely N-dealkylation sites (N-methyl/N-ethyl adjacent to an activating group) is 1. The number of hydrogen-bond donors (Lipinski definition) is 1. The maximum absolute atomic E-state index is 12.8. The number of rotatable bonds is 6. The van der Waals surface area contributed by atoms with Gasteiger partial charge in [0.15, 0.2) is 5.82 Å². The quantitative estimate of drug-likeness (QED) is 0.704. The van der Waals surface area contributed by atoms with Crippen LogP contribution in [0.1, 0.15) is 16.1 Å². The molecule has 0 aliphatic heterocycles. The first kappa shape index (κ1) is 18.7. The lowest BCUT2D eigenvalue weighted by Crippen LogP contribution is -2.35. The summed E-state index contributed by atoms with van der Waals surface area (Å²) >= 11 is 1.40. The largest absolute Gasteiger partial charge is 0.360 e. The van der Waals surface area contributed by atoms with Crippen LogP contribution in [0.2, 0.25) is 0 Å². The summed E-state index contributed by atoms with van der Waals surface area (Å²) in [5.41, 5.74) is 0.443. The number of carbonyl (C=O) groups excluding carboxylic acids is 2. The SMILES string of the molecule is Cc1cc(NC(=O)CN(C)C(=O)c2cccnc2Sc2ccccc2)no1. The van der Waals surface area contributed by atoms with Gasteiger partial charge in [0.2, 0.25) is 5.91 Å². The summed E-state index contributed by atoms with van der Waals surface area (Å²) in [7, 11) is 1.57. The number of benzene rings is 1. The summed E-state index contributed by atoms with van der Waals surface area (Å²) in [4.78, 5) is 31.6. The molecule has 27 heavy (non-hydrogen) atoms. The van der Waals surface area contributed by atoms with Crippen molar-refractivity contribution in [1.82, 2.24) is 15.0 Å². The van der Waals surface area contributed by atoms with Crippen LogP contribution in [0.25, 0.3) is 0 Å². The van der Waals surface area contributed by atoms with Crippen LogP contribution in [0, 0.1) is 6.92 Å². The van der Waals surface area contributed by atoms with Crippen LogP contribution in [0.5, 0.6) is 0 Å². The second-order valence-corrected chi connectivity index (χ2v) is 6.87. The number of nitrogens with zero attached hydrogens (tertiary/aromatic N) is 3. The third kappa shape index (κ3) is 4.95. The molecular weight excluding hydrogens is 364 g/mol. The zero-order valence-electron chi connectivity index (χ0n) is 14.9. The highest BCUT2D eigenvalue weighted by molar-refractivity contribution is 7.99. The number of pyridine rings is 1. The van der Waals surface area contributed by atoms with Gasteiger partial charge in [0, 0.05) is 24.2 Å². The molecule has 1 aromatic carbocycles. The lowest BCUT2D eigenvalue weighted by molar-refractivity contribution is -0.116. The maximum atomic E-state index is 12.8. The molecule has 0 aliphatic carbocycles.